The van der Waals surface area contributed by atoms with Gasteiger partial charge in [0.1, 0.15) is 5.70 Å². The Hall–Kier alpha value is -2.86. The first kappa shape index (κ1) is 14.7. The van der Waals surface area contributed by atoms with E-state index in [1.807, 2.05) is 48.5 Å². The summed E-state index contributed by atoms with van der Waals surface area (Å²) in [6.07, 6.45) is 1.77. The van der Waals surface area contributed by atoms with E-state index >= 15 is 0 Å². The summed E-state index contributed by atoms with van der Waals surface area (Å²) in [5, 5.41) is 3.40. The van der Waals surface area contributed by atoms with Crippen molar-refractivity contribution in [3.8, 4) is 11.5 Å². The molecular formula is C18H14N2O3S. The van der Waals surface area contributed by atoms with Crippen LogP contribution in [-0.2, 0) is 11.3 Å². The van der Waals surface area contributed by atoms with Crippen molar-refractivity contribution in [2.24, 2.45) is 0 Å². The molecule has 0 saturated carbocycles. The van der Waals surface area contributed by atoms with Crippen molar-refractivity contribution in [1.29, 1.82) is 0 Å². The third-order valence-electron chi connectivity index (χ3n) is 3.85. The van der Waals surface area contributed by atoms with Gasteiger partial charge in [-0.2, -0.15) is 0 Å². The number of benzene rings is 2. The topological polar surface area (TPSA) is 50.8 Å². The average Bonchev–Trinajstić information content (AvgIpc) is 3.16. The number of hydrogen-bond donors (Lipinski definition) is 1. The standard InChI is InChI=1S/C18H14N2O3S/c21-17-14(8-13-6-7-15-16(9-13)23-11-22-15)19-18(24)20(17)10-12-4-2-1-3-5-12/h1-9H,10-11H2,(H,19,24). The van der Waals surface area contributed by atoms with Gasteiger partial charge in [0.05, 0.1) is 6.54 Å². The fraction of sp³-hybridized carbons (Fsp3) is 0.111. The molecule has 1 saturated heterocycles. The third kappa shape index (κ3) is 2.72. The second-order valence-corrected chi connectivity index (χ2v) is 5.86. The molecule has 1 fully saturated rings. The molecule has 2 aliphatic heterocycles. The van der Waals surface area contributed by atoms with Crippen LogP contribution in [0.15, 0.2) is 54.2 Å². The summed E-state index contributed by atoms with van der Waals surface area (Å²) in [6.45, 7) is 0.672. The summed E-state index contributed by atoms with van der Waals surface area (Å²) >= 11 is 5.30. The largest absolute Gasteiger partial charge is 0.454 e. The van der Waals surface area contributed by atoms with Crippen molar-refractivity contribution in [3.05, 3.63) is 65.4 Å². The molecule has 0 radical (unpaired) electrons. The number of amides is 1. The molecule has 0 unspecified atom stereocenters. The van der Waals surface area contributed by atoms with Crippen molar-refractivity contribution in [3.63, 3.8) is 0 Å². The molecule has 1 N–H and O–H groups in total. The first-order chi connectivity index (χ1) is 11.7. The lowest BCUT2D eigenvalue weighted by Crippen LogP contribution is -2.29. The number of nitrogens with zero attached hydrogens (tertiary/aromatic N) is 1. The van der Waals surface area contributed by atoms with Gasteiger partial charge in [-0.25, -0.2) is 0 Å². The Morgan fingerprint density at radius 1 is 1.12 bits per heavy atom. The van der Waals surface area contributed by atoms with Crippen LogP contribution in [0.2, 0.25) is 0 Å². The second-order valence-electron chi connectivity index (χ2n) is 5.48. The predicted octanol–water partition coefficient (Wildman–Crippen LogP) is 2.67. The predicted molar refractivity (Wildman–Crippen MR) is 93.3 cm³/mol. The summed E-state index contributed by atoms with van der Waals surface area (Å²) in [5.41, 5.74) is 2.33. The maximum absolute atomic E-state index is 12.6. The zero-order valence-corrected chi connectivity index (χ0v) is 13.5. The molecule has 2 heterocycles. The Morgan fingerprint density at radius 2 is 1.92 bits per heavy atom. The minimum Gasteiger partial charge on any atom is -0.454 e. The number of carbonyl (C=O) groups excluding carboxylic acids is 1. The maximum atomic E-state index is 12.6. The number of carbonyl (C=O) groups is 1. The zero-order valence-electron chi connectivity index (χ0n) is 12.7. The van der Waals surface area contributed by atoms with Crippen molar-refractivity contribution in [1.82, 2.24) is 10.2 Å². The molecule has 120 valence electrons. The van der Waals surface area contributed by atoms with Gasteiger partial charge in [0.25, 0.3) is 5.91 Å². The molecule has 0 aromatic heterocycles. The highest BCUT2D eigenvalue weighted by Gasteiger charge is 2.30. The Labute approximate surface area is 144 Å². The molecule has 24 heavy (non-hydrogen) atoms. The molecule has 6 heteroatoms. The van der Waals surface area contributed by atoms with Crippen LogP contribution in [0.1, 0.15) is 11.1 Å². The van der Waals surface area contributed by atoms with E-state index in [9.17, 15) is 4.79 Å². The van der Waals surface area contributed by atoms with Crippen molar-refractivity contribution < 1.29 is 14.3 Å². The van der Waals surface area contributed by atoms with E-state index in [1.54, 1.807) is 11.0 Å². The lowest BCUT2D eigenvalue weighted by molar-refractivity contribution is -0.122. The SMILES string of the molecule is O=C1C(=Cc2ccc3c(c2)OCO3)NC(=S)N1Cc1ccccc1. The minimum atomic E-state index is -0.137. The van der Waals surface area contributed by atoms with E-state index in [-0.39, 0.29) is 12.7 Å². The van der Waals surface area contributed by atoms with Crippen LogP contribution in [0.3, 0.4) is 0 Å². The molecule has 0 aliphatic carbocycles. The molecule has 2 aliphatic rings. The average molecular weight is 338 g/mol. The monoisotopic (exact) mass is 338 g/mol. The molecule has 5 nitrogen and oxygen atoms in total. The lowest BCUT2D eigenvalue weighted by atomic mass is 10.1. The number of rotatable bonds is 3. The van der Waals surface area contributed by atoms with Gasteiger partial charge in [0, 0.05) is 0 Å². The Bertz CT molecular complexity index is 849. The highest BCUT2D eigenvalue weighted by molar-refractivity contribution is 7.80. The number of fused-ring (bicyclic) bond motifs is 1. The van der Waals surface area contributed by atoms with Gasteiger partial charge in [-0.1, -0.05) is 36.4 Å². The molecular weight excluding hydrogens is 324 g/mol. The molecule has 0 spiro atoms. The first-order valence-electron chi connectivity index (χ1n) is 7.49. The summed E-state index contributed by atoms with van der Waals surface area (Å²) < 4.78 is 10.6. The number of hydrogen-bond acceptors (Lipinski definition) is 4. The highest BCUT2D eigenvalue weighted by Crippen LogP contribution is 2.33. The molecule has 0 atom stereocenters. The van der Waals surface area contributed by atoms with E-state index in [0.29, 0.717) is 28.9 Å². The first-order valence-corrected chi connectivity index (χ1v) is 7.90. The van der Waals surface area contributed by atoms with Gasteiger partial charge in [-0.15, -0.1) is 0 Å². The zero-order chi connectivity index (χ0) is 16.5. The van der Waals surface area contributed by atoms with Gasteiger partial charge in [-0.3, -0.25) is 9.69 Å². The summed E-state index contributed by atoms with van der Waals surface area (Å²) in [6, 6.07) is 15.3. The molecule has 4 rings (SSSR count). The molecule has 2 aromatic rings. The van der Waals surface area contributed by atoms with Crippen LogP contribution in [0.4, 0.5) is 0 Å². The number of nitrogens with one attached hydrogen (secondary N) is 1. The van der Waals surface area contributed by atoms with Crippen LogP contribution in [0, 0.1) is 0 Å². The second kappa shape index (κ2) is 5.98. The fourth-order valence-electron chi connectivity index (χ4n) is 2.65. The molecule has 2 aromatic carbocycles. The summed E-state index contributed by atoms with van der Waals surface area (Å²) in [4.78, 5) is 14.2. The normalized spacial score (nSPS) is 17.5. The number of ether oxygens (including phenoxy) is 2. The minimum absolute atomic E-state index is 0.137. The van der Waals surface area contributed by atoms with Gasteiger partial charge in [0.15, 0.2) is 16.6 Å². The lowest BCUT2D eigenvalue weighted by Gasteiger charge is -2.13. The molecule has 1 amide bonds. The quantitative estimate of drug-likeness (QED) is 0.689. The van der Waals surface area contributed by atoms with Gasteiger partial charge in [0.2, 0.25) is 6.79 Å². The smallest absolute Gasteiger partial charge is 0.276 e. The van der Waals surface area contributed by atoms with E-state index in [2.05, 4.69) is 5.32 Å². The third-order valence-corrected chi connectivity index (χ3v) is 4.18. The van der Waals surface area contributed by atoms with Crippen molar-refractivity contribution in [2.75, 3.05) is 6.79 Å². The Morgan fingerprint density at radius 3 is 2.75 bits per heavy atom. The van der Waals surface area contributed by atoms with Gasteiger partial charge < -0.3 is 14.8 Å². The maximum Gasteiger partial charge on any atom is 0.276 e. The van der Waals surface area contributed by atoms with Crippen LogP contribution in [0.25, 0.3) is 6.08 Å². The number of thiocarbonyl (C=S) groups is 1. The highest BCUT2D eigenvalue weighted by atomic mass is 32.1. The van der Waals surface area contributed by atoms with Crippen molar-refractivity contribution >= 4 is 29.3 Å². The van der Waals surface area contributed by atoms with Crippen LogP contribution >= 0.6 is 12.2 Å². The van der Waals surface area contributed by atoms with E-state index in [4.69, 9.17) is 21.7 Å². The van der Waals surface area contributed by atoms with Crippen LogP contribution in [0.5, 0.6) is 11.5 Å². The summed E-state index contributed by atoms with van der Waals surface area (Å²) in [7, 11) is 0. The Balaban J connectivity index is 1.56. The van der Waals surface area contributed by atoms with E-state index in [0.717, 1.165) is 11.1 Å². The van der Waals surface area contributed by atoms with Crippen LogP contribution in [-0.4, -0.2) is 22.7 Å². The van der Waals surface area contributed by atoms with E-state index < -0.39 is 0 Å². The summed E-state index contributed by atoms with van der Waals surface area (Å²) in [5.74, 6) is 1.25. The van der Waals surface area contributed by atoms with Crippen LogP contribution < -0.4 is 14.8 Å². The van der Waals surface area contributed by atoms with Gasteiger partial charge >= 0.3 is 0 Å². The van der Waals surface area contributed by atoms with Crippen molar-refractivity contribution in [2.45, 2.75) is 6.54 Å². The van der Waals surface area contributed by atoms with E-state index in [1.165, 1.54) is 0 Å². The Kier molecular flexibility index (Phi) is 3.66. The fourth-order valence-corrected chi connectivity index (χ4v) is 2.91. The molecule has 0 bridgehead atoms. The van der Waals surface area contributed by atoms with Gasteiger partial charge in [-0.05, 0) is 41.6 Å².